The number of benzene rings is 1. The molecular formula is C17H25N3. The van der Waals surface area contributed by atoms with Crippen molar-refractivity contribution in [1.82, 2.24) is 9.55 Å². The topological polar surface area (TPSA) is 43.8 Å². The first-order chi connectivity index (χ1) is 9.83. The smallest absolute Gasteiger partial charge is 0.110 e. The fourth-order valence-electron chi connectivity index (χ4n) is 3.73. The van der Waals surface area contributed by atoms with E-state index in [9.17, 15) is 0 Å². The lowest BCUT2D eigenvalue weighted by atomic mass is 9.77. The summed E-state index contributed by atoms with van der Waals surface area (Å²) in [5.41, 5.74) is 8.36. The van der Waals surface area contributed by atoms with Crippen LogP contribution in [0.15, 0.2) is 24.3 Å². The Labute approximate surface area is 121 Å². The number of aromatic nitrogens is 2. The van der Waals surface area contributed by atoms with Crippen molar-refractivity contribution in [1.29, 1.82) is 0 Å². The molecule has 1 aromatic carbocycles. The van der Waals surface area contributed by atoms with Crippen molar-refractivity contribution in [3.05, 3.63) is 30.1 Å². The number of hydrogen-bond donors (Lipinski definition) is 1. The molecule has 0 bridgehead atoms. The first-order valence-electron chi connectivity index (χ1n) is 7.97. The summed E-state index contributed by atoms with van der Waals surface area (Å²) in [5, 5.41) is 0. The Morgan fingerprint density at radius 1 is 1.20 bits per heavy atom. The molecule has 1 aliphatic carbocycles. The van der Waals surface area contributed by atoms with E-state index in [0.29, 0.717) is 5.92 Å². The zero-order valence-electron chi connectivity index (χ0n) is 12.4. The maximum atomic E-state index is 5.97. The van der Waals surface area contributed by atoms with E-state index in [1.807, 2.05) is 0 Å². The van der Waals surface area contributed by atoms with Crippen LogP contribution in [-0.4, -0.2) is 16.1 Å². The van der Waals surface area contributed by atoms with E-state index in [1.165, 1.54) is 37.0 Å². The normalized spacial score (nSPS) is 23.3. The van der Waals surface area contributed by atoms with E-state index in [2.05, 4.69) is 35.8 Å². The van der Waals surface area contributed by atoms with Crippen molar-refractivity contribution in [2.24, 2.45) is 17.6 Å². The molecule has 0 radical (unpaired) electrons. The average molecular weight is 271 g/mol. The number of fused-ring (bicyclic) bond motifs is 1. The molecule has 0 saturated heterocycles. The molecular weight excluding hydrogens is 246 g/mol. The van der Waals surface area contributed by atoms with E-state index in [1.54, 1.807) is 0 Å². The summed E-state index contributed by atoms with van der Waals surface area (Å²) >= 11 is 0. The van der Waals surface area contributed by atoms with E-state index in [0.717, 1.165) is 30.9 Å². The van der Waals surface area contributed by atoms with Gasteiger partial charge in [0.05, 0.1) is 11.0 Å². The predicted molar refractivity (Wildman–Crippen MR) is 83.6 cm³/mol. The second-order valence-corrected chi connectivity index (χ2v) is 6.01. The van der Waals surface area contributed by atoms with Gasteiger partial charge in [-0.25, -0.2) is 4.98 Å². The van der Waals surface area contributed by atoms with E-state index >= 15 is 0 Å². The first-order valence-corrected chi connectivity index (χ1v) is 7.97. The van der Waals surface area contributed by atoms with Gasteiger partial charge in [0.15, 0.2) is 0 Å². The molecule has 3 nitrogen and oxygen atoms in total. The zero-order valence-corrected chi connectivity index (χ0v) is 12.4. The lowest BCUT2D eigenvalue weighted by molar-refractivity contribution is 0.237. The van der Waals surface area contributed by atoms with Gasteiger partial charge in [-0.3, -0.25) is 0 Å². The molecule has 2 atom stereocenters. The van der Waals surface area contributed by atoms with Gasteiger partial charge in [0.1, 0.15) is 5.82 Å². The van der Waals surface area contributed by atoms with E-state index in [4.69, 9.17) is 10.7 Å². The zero-order chi connectivity index (χ0) is 13.9. The molecule has 2 aromatic rings. The van der Waals surface area contributed by atoms with Crippen LogP contribution < -0.4 is 5.73 Å². The molecule has 0 amide bonds. The number of aryl methyl sites for hydroxylation is 1. The molecule has 1 heterocycles. The maximum Gasteiger partial charge on any atom is 0.110 e. The Morgan fingerprint density at radius 3 is 2.70 bits per heavy atom. The Kier molecular flexibility index (Phi) is 4.06. The van der Waals surface area contributed by atoms with Gasteiger partial charge >= 0.3 is 0 Å². The molecule has 108 valence electrons. The quantitative estimate of drug-likeness (QED) is 0.926. The fraction of sp³-hybridized carbons (Fsp3) is 0.588. The van der Waals surface area contributed by atoms with Crippen molar-refractivity contribution in [3.63, 3.8) is 0 Å². The van der Waals surface area contributed by atoms with Gasteiger partial charge < -0.3 is 10.3 Å². The number of nitrogens with two attached hydrogens (primary N) is 1. The summed E-state index contributed by atoms with van der Waals surface area (Å²) < 4.78 is 2.37. The predicted octanol–water partition coefficient (Wildman–Crippen LogP) is 3.36. The SMILES string of the molecule is CCn1c(CC2CCCCC2CN)nc2ccccc21. The second-order valence-electron chi connectivity index (χ2n) is 6.01. The Balaban J connectivity index is 1.89. The summed E-state index contributed by atoms with van der Waals surface area (Å²) in [6.45, 7) is 4.03. The molecule has 3 rings (SSSR count). The highest BCUT2D eigenvalue weighted by molar-refractivity contribution is 5.75. The van der Waals surface area contributed by atoms with Gasteiger partial charge in [0, 0.05) is 13.0 Å². The minimum atomic E-state index is 0.689. The Hall–Kier alpha value is -1.35. The Morgan fingerprint density at radius 2 is 1.95 bits per heavy atom. The highest BCUT2D eigenvalue weighted by Crippen LogP contribution is 2.32. The summed E-state index contributed by atoms with van der Waals surface area (Å²) in [5.74, 6) is 2.66. The molecule has 3 heteroatoms. The monoisotopic (exact) mass is 271 g/mol. The Bertz CT molecular complexity index is 573. The molecule has 0 spiro atoms. The summed E-state index contributed by atoms with van der Waals surface area (Å²) in [4.78, 5) is 4.87. The number of rotatable bonds is 4. The third-order valence-corrected chi connectivity index (χ3v) is 4.86. The molecule has 20 heavy (non-hydrogen) atoms. The van der Waals surface area contributed by atoms with Crippen molar-refractivity contribution in [2.45, 2.75) is 45.6 Å². The molecule has 0 aliphatic heterocycles. The number of hydrogen-bond acceptors (Lipinski definition) is 2. The lowest BCUT2D eigenvalue weighted by Gasteiger charge is -2.30. The van der Waals surface area contributed by atoms with Gasteiger partial charge in [0.2, 0.25) is 0 Å². The maximum absolute atomic E-state index is 5.97. The fourth-order valence-corrected chi connectivity index (χ4v) is 3.73. The van der Waals surface area contributed by atoms with Crippen LogP contribution in [0.2, 0.25) is 0 Å². The molecule has 1 fully saturated rings. The van der Waals surface area contributed by atoms with Crippen LogP contribution in [0.1, 0.15) is 38.4 Å². The van der Waals surface area contributed by atoms with Crippen LogP contribution in [0.5, 0.6) is 0 Å². The van der Waals surface area contributed by atoms with Crippen LogP contribution in [0.25, 0.3) is 11.0 Å². The standard InChI is InChI=1S/C17H25N3/c1-2-20-16-10-6-5-9-15(16)19-17(20)11-13-7-3-4-8-14(13)12-18/h5-6,9-10,13-14H,2-4,7-8,11-12,18H2,1H3. The minimum absolute atomic E-state index is 0.689. The van der Waals surface area contributed by atoms with Crippen LogP contribution >= 0.6 is 0 Å². The molecule has 1 saturated carbocycles. The highest BCUT2D eigenvalue weighted by Gasteiger charge is 2.25. The van der Waals surface area contributed by atoms with Crippen LogP contribution in [-0.2, 0) is 13.0 Å². The third-order valence-electron chi connectivity index (χ3n) is 4.86. The van der Waals surface area contributed by atoms with Crippen LogP contribution in [0, 0.1) is 11.8 Å². The van der Waals surface area contributed by atoms with Gasteiger partial charge in [-0.2, -0.15) is 0 Å². The second kappa shape index (κ2) is 5.96. The van der Waals surface area contributed by atoms with Crippen molar-refractivity contribution in [2.75, 3.05) is 6.54 Å². The summed E-state index contributed by atoms with van der Waals surface area (Å²) in [6, 6.07) is 8.47. The van der Waals surface area contributed by atoms with E-state index < -0.39 is 0 Å². The van der Waals surface area contributed by atoms with Crippen molar-refractivity contribution >= 4 is 11.0 Å². The van der Waals surface area contributed by atoms with Crippen molar-refractivity contribution < 1.29 is 0 Å². The van der Waals surface area contributed by atoms with E-state index in [-0.39, 0.29) is 0 Å². The lowest BCUT2D eigenvalue weighted by Crippen LogP contribution is -2.29. The van der Waals surface area contributed by atoms with Crippen LogP contribution in [0.4, 0.5) is 0 Å². The number of nitrogens with zero attached hydrogens (tertiary/aromatic N) is 2. The molecule has 1 aromatic heterocycles. The molecule has 2 N–H and O–H groups in total. The molecule has 1 aliphatic rings. The van der Waals surface area contributed by atoms with Gasteiger partial charge in [0.25, 0.3) is 0 Å². The first kappa shape index (κ1) is 13.6. The number of para-hydroxylation sites is 2. The number of imidazole rings is 1. The molecule has 2 unspecified atom stereocenters. The summed E-state index contributed by atoms with van der Waals surface area (Å²) in [6.07, 6.45) is 6.41. The average Bonchev–Trinajstić information content (AvgIpc) is 2.85. The van der Waals surface area contributed by atoms with Gasteiger partial charge in [-0.1, -0.05) is 25.0 Å². The minimum Gasteiger partial charge on any atom is -0.330 e. The third kappa shape index (κ3) is 2.47. The highest BCUT2D eigenvalue weighted by atomic mass is 15.1. The largest absolute Gasteiger partial charge is 0.330 e. The van der Waals surface area contributed by atoms with Crippen molar-refractivity contribution in [3.8, 4) is 0 Å². The van der Waals surface area contributed by atoms with Gasteiger partial charge in [-0.15, -0.1) is 0 Å². The van der Waals surface area contributed by atoms with Gasteiger partial charge in [-0.05, 0) is 50.3 Å². The van der Waals surface area contributed by atoms with Crippen LogP contribution in [0.3, 0.4) is 0 Å². The summed E-state index contributed by atoms with van der Waals surface area (Å²) in [7, 11) is 0.